The number of rotatable bonds is 7. The minimum atomic E-state index is -0.596. The van der Waals surface area contributed by atoms with E-state index in [1.54, 1.807) is 6.92 Å². The van der Waals surface area contributed by atoms with Crippen LogP contribution in [0.25, 0.3) is 0 Å². The third-order valence-electron chi connectivity index (χ3n) is 1.62. The monoisotopic (exact) mass is 206 g/mol. The molecule has 0 bridgehead atoms. The number of thiol groups is 1. The van der Waals surface area contributed by atoms with Gasteiger partial charge in [0.2, 0.25) is 6.29 Å². The summed E-state index contributed by atoms with van der Waals surface area (Å²) in [5.74, 6) is 0. The Hall–Kier alpha value is -0.220. The first-order chi connectivity index (χ1) is 6.16. The van der Waals surface area contributed by atoms with Crippen LogP contribution in [0.3, 0.4) is 0 Å². The summed E-state index contributed by atoms with van der Waals surface area (Å²) in [6.07, 6.45) is 4.14. The molecule has 0 heterocycles. The van der Waals surface area contributed by atoms with Crippen LogP contribution in [-0.4, -0.2) is 18.2 Å². The fourth-order valence-corrected chi connectivity index (χ4v) is 1.10. The van der Waals surface area contributed by atoms with Gasteiger partial charge in [-0.1, -0.05) is 38.8 Å². The van der Waals surface area contributed by atoms with E-state index in [4.69, 9.17) is 4.74 Å². The van der Waals surface area contributed by atoms with Gasteiger partial charge in [-0.25, -0.2) is 4.79 Å². The quantitative estimate of drug-likeness (QED) is 0.301. The van der Waals surface area contributed by atoms with E-state index in [1.807, 2.05) is 0 Å². The fourth-order valence-electron chi connectivity index (χ4n) is 0.954. The van der Waals surface area contributed by atoms with Gasteiger partial charge < -0.3 is 9.47 Å². The SMILES string of the molecule is CCCCCCOC(C)OC(=O)S. The minimum absolute atomic E-state index is 0.480. The Morgan fingerprint density at radius 2 is 2.08 bits per heavy atom. The normalized spacial score (nSPS) is 12.5. The largest absolute Gasteiger partial charge is 0.428 e. The average Bonchev–Trinajstić information content (AvgIpc) is 2.02. The zero-order valence-corrected chi connectivity index (χ0v) is 9.18. The van der Waals surface area contributed by atoms with Crippen molar-refractivity contribution >= 4 is 17.9 Å². The van der Waals surface area contributed by atoms with Crippen LogP contribution >= 0.6 is 12.6 Å². The van der Waals surface area contributed by atoms with Crippen LogP contribution in [0.2, 0.25) is 0 Å². The second-order valence-corrected chi connectivity index (χ2v) is 3.25. The van der Waals surface area contributed by atoms with Crippen molar-refractivity contribution in [1.82, 2.24) is 0 Å². The Morgan fingerprint density at radius 1 is 1.38 bits per heavy atom. The predicted molar refractivity (Wildman–Crippen MR) is 55.0 cm³/mol. The molecule has 0 radical (unpaired) electrons. The van der Waals surface area contributed by atoms with E-state index >= 15 is 0 Å². The van der Waals surface area contributed by atoms with Gasteiger partial charge in [0.15, 0.2) is 0 Å². The third-order valence-corrected chi connectivity index (χ3v) is 1.72. The molecule has 0 aromatic carbocycles. The van der Waals surface area contributed by atoms with E-state index in [9.17, 15) is 4.79 Å². The van der Waals surface area contributed by atoms with Crippen LogP contribution in [-0.2, 0) is 9.47 Å². The van der Waals surface area contributed by atoms with Crippen molar-refractivity contribution in [2.45, 2.75) is 45.8 Å². The van der Waals surface area contributed by atoms with Crippen molar-refractivity contribution in [3.63, 3.8) is 0 Å². The molecule has 3 nitrogen and oxygen atoms in total. The highest BCUT2D eigenvalue weighted by molar-refractivity contribution is 7.96. The van der Waals surface area contributed by atoms with Crippen molar-refractivity contribution in [2.75, 3.05) is 6.61 Å². The van der Waals surface area contributed by atoms with Crippen LogP contribution in [0.5, 0.6) is 0 Å². The first-order valence-corrected chi connectivity index (χ1v) is 5.12. The summed E-state index contributed by atoms with van der Waals surface area (Å²) in [7, 11) is 0. The van der Waals surface area contributed by atoms with Gasteiger partial charge >= 0.3 is 5.30 Å². The highest BCUT2D eigenvalue weighted by atomic mass is 32.1. The summed E-state index contributed by atoms with van der Waals surface area (Å²) in [5, 5.41) is -0.596. The van der Waals surface area contributed by atoms with Gasteiger partial charge in [-0.2, -0.15) is 0 Å². The molecule has 0 saturated carbocycles. The number of unbranched alkanes of at least 4 members (excludes halogenated alkanes) is 3. The Balaban J connectivity index is 3.17. The van der Waals surface area contributed by atoms with Crippen LogP contribution in [0, 0.1) is 0 Å². The molecule has 0 aliphatic rings. The van der Waals surface area contributed by atoms with Crippen LogP contribution in [0.15, 0.2) is 0 Å². The molecule has 0 spiro atoms. The molecule has 13 heavy (non-hydrogen) atoms. The molecule has 1 atom stereocenters. The molecular formula is C9H18O3S. The Bertz CT molecular complexity index is 139. The number of carbonyl (C=O) groups excluding carboxylic acids is 1. The zero-order valence-electron chi connectivity index (χ0n) is 8.28. The second-order valence-electron chi connectivity index (χ2n) is 2.88. The van der Waals surface area contributed by atoms with E-state index in [1.165, 1.54) is 12.8 Å². The molecule has 1 unspecified atom stereocenters. The maximum Gasteiger partial charge on any atom is 0.366 e. The summed E-state index contributed by atoms with van der Waals surface area (Å²) in [5.41, 5.74) is 0. The standard InChI is InChI=1S/C9H18O3S/c1-3-4-5-6-7-11-8(2)12-9(10)13/h8H,3-7H2,1-2H3,(H,10,13). The van der Waals surface area contributed by atoms with Crippen LogP contribution < -0.4 is 0 Å². The number of ether oxygens (including phenoxy) is 2. The van der Waals surface area contributed by atoms with Crippen molar-refractivity contribution < 1.29 is 14.3 Å². The van der Waals surface area contributed by atoms with Crippen LogP contribution in [0.1, 0.15) is 39.5 Å². The maximum absolute atomic E-state index is 10.4. The molecule has 4 heteroatoms. The van der Waals surface area contributed by atoms with Crippen LogP contribution in [0.4, 0.5) is 4.79 Å². The number of carbonyl (C=O) groups is 1. The van der Waals surface area contributed by atoms with Gasteiger partial charge in [-0.3, -0.25) is 0 Å². The van der Waals surface area contributed by atoms with Crippen molar-refractivity contribution in [1.29, 1.82) is 0 Å². The van der Waals surface area contributed by atoms with Gasteiger partial charge in [-0.05, 0) is 13.3 Å². The topological polar surface area (TPSA) is 35.5 Å². The lowest BCUT2D eigenvalue weighted by atomic mass is 10.2. The molecular weight excluding hydrogens is 188 g/mol. The van der Waals surface area contributed by atoms with Crippen molar-refractivity contribution in [3.05, 3.63) is 0 Å². The molecule has 0 saturated heterocycles. The molecule has 0 aromatic rings. The molecule has 0 aliphatic heterocycles. The Labute approximate surface area is 85.2 Å². The average molecular weight is 206 g/mol. The smallest absolute Gasteiger partial charge is 0.366 e. The maximum atomic E-state index is 10.4. The molecule has 78 valence electrons. The van der Waals surface area contributed by atoms with Gasteiger partial charge in [-0.15, -0.1) is 0 Å². The van der Waals surface area contributed by atoms with E-state index in [-0.39, 0.29) is 0 Å². The molecule has 0 fully saturated rings. The van der Waals surface area contributed by atoms with Gasteiger partial charge in [0.1, 0.15) is 0 Å². The second kappa shape index (κ2) is 8.38. The highest BCUT2D eigenvalue weighted by Crippen LogP contribution is 2.02. The lowest BCUT2D eigenvalue weighted by molar-refractivity contribution is -0.0843. The minimum Gasteiger partial charge on any atom is -0.428 e. The lowest BCUT2D eigenvalue weighted by Crippen LogP contribution is -2.14. The Kier molecular flexibility index (Phi) is 8.24. The summed E-state index contributed by atoms with van der Waals surface area (Å²) >= 11 is 3.47. The number of hydrogen-bond donors (Lipinski definition) is 1. The molecule has 0 rings (SSSR count). The van der Waals surface area contributed by atoms with Gasteiger partial charge in [0, 0.05) is 0 Å². The summed E-state index contributed by atoms with van der Waals surface area (Å²) < 4.78 is 9.87. The summed E-state index contributed by atoms with van der Waals surface area (Å²) in [4.78, 5) is 10.4. The van der Waals surface area contributed by atoms with Gasteiger partial charge in [0.05, 0.1) is 6.61 Å². The van der Waals surface area contributed by atoms with Crippen molar-refractivity contribution in [2.24, 2.45) is 0 Å². The van der Waals surface area contributed by atoms with E-state index < -0.39 is 11.6 Å². The molecule has 0 N–H and O–H groups in total. The first-order valence-electron chi connectivity index (χ1n) is 4.68. The van der Waals surface area contributed by atoms with Crippen molar-refractivity contribution in [3.8, 4) is 0 Å². The van der Waals surface area contributed by atoms with E-state index in [0.717, 1.165) is 12.8 Å². The fraction of sp³-hybridized carbons (Fsp3) is 0.889. The zero-order chi connectivity index (χ0) is 10.1. The Morgan fingerprint density at radius 3 is 2.62 bits per heavy atom. The first kappa shape index (κ1) is 12.8. The molecule has 0 amide bonds. The van der Waals surface area contributed by atoms with E-state index in [0.29, 0.717) is 6.61 Å². The molecule has 0 aliphatic carbocycles. The van der Waals surface area contributed by atoms with E-state index in [2.05, 4.69) is 24.3 Å². The van der Waals surface area contributed by atoms with Gasteiger partial charge in [0.25, 0.3) is 0 Å². The highest BCUT2D eigenvalue weighted by Gasteiger charge is 2.04. The third kappa shape index (κ3) is 9.70. The predicted octanol–water partition coefficient (Wildman–Crippen LogP) is 3.00. The lowest BCUT2D eigenvalue weighted by Gasteiger charge is -2.11. The molecule has 0 aromatic heterocycles. The summed E-state index contributed by atoms with van der Waals surface area (Å²) in [6, 6.07) is 0. The summed E-state index contributed by atoms with van der Waals surface area (Å²) in [6.45, 7) is 4.49. The number of hydrogen-bond acceptors (Lipinski definition) is 3.